The van der Waals surface area contributed by atoms with Crippen molar-refractivity contribution in [3.8, 4) is 0 Å². The standard InChI is InChI=1S/C10H20O3/c1-8(2)10(6,11-7)13-12-9(3,4)5/h1H2,2-7H3. The van der Waals surface area contributed by atoms with Crippen LogP contribution in [0.3, 0.4) is 0 Å². The Bertz CT molecular complexity index is 181. The molecule has 0 radical (unpaired) electrons. The number of hydrogen-bond donors (Lipinski definition) is 0. The second-order valence-corrected chi connectivity index (χ2v) is 4.21. The van der Waals surface area contributed by atoms with Crippen LogP contribution < -0.4 is 0 Å². The van der Waals surface area contributed by atoms with Gasteiger partial charge in [-0.2, -0.15) is 4.89 Å². The predicted octanol–water partition coefficient (Wildman–Crippen LogP) is 2.67. The summed E-state index contributed by atoms with van der Waals surface area (Å²) in [6.45, 7) is 13.1. The fraction of sp³-hybridized carbons (Fsp3) is 0.800. The van der Waals surface area contributed by atoms with Gasteiger partial charge < -0.3 is 4.74 Å². The van der Waals surface area contributed by atoms with Gasteiger partial charge in [0.25, 0.3) is 0 Å². The molecule has 78 valence electrons. The molecular weight excluding hydrogens is 168 g/mol. The Morgan fingerprint density at radius 3 is 1.77 bits per heavy atom. The smallest absolute Gasteiger partial charge is 0.220 e. The fourth-order valence-electron chi connectivity index (χ4n) is 0.484. The van der Waals surface area contributed by atoms with Gasteiger partial charge in [0, 0.05) is 7.11 Å². The fourth-order valence-corrected chi connectivity index (χ4v) is 0.484. The average Bonchev–Trinajstić information content (AvgIpc) is 1.98. The maximum Gasteiger partial charge on any atom is 0.220 e. The van der Waals surface area contributed by atoms with Gasteiger partial charge in [-0.05, 0) is 40.2 Å². The van der Waals surface area contributed by atoms with Gasteiger partial charge in [-0.3, -0.25) is 0 Å². The van der Waals surface area contributed by atoms with Crippen molar-refractivity contribution in [3.05, 3.63) is 12.2 Å². The summed E-state index contributed by atoms with van der Waals surface area (Å²) in [6.07, 6.45) is 0. The Balaban J connectivity index is 4.22. The van der Waals surface area contributed by atoms with Crippen molar-refractivity contribution in [2.24, 2.45) is 0 Å². The molecule has 0 bridgehead atoms. The van der Waals surface area contributed by atoms with E-state index in [2.05, 4.69) is 6.58 Å². The van der Waals surface area contributed by atoms with Gasteiger partial charge >= 0.3 is 0 Å². The third-order valence-corrected chi connectivity index (χ3v) is 1.62. The maximum atomic E-state index is 5.18. The first-order valence-electron chi connectivity index (χ1n) is 4.29. The maximum absolute atomic E-state index is 5.18. The first-order chi connectivity index (χ1) is 5.71. The summed E-state index contributed by atoms with van der Waals surface area (Å²) in [4.78, 5) is 10.3. The van der Waals surface area contributed by atoms with Crippen molar-refractivity contribution < 1.29 is 14.5 Å². The molecule has 0 aliphatic carbocycles. The summed E-state index contributed by atoms with van der Waals surface area (Å²) in [5.74, 6) is -0.868. The Morgan fingerprint density at radius 2 is 1.54 bits per heavy atom. The molecule has 0 aromatic heterocycles. The van der Waals surface area contributed by atoms with E-state index in [4.69, 9.17) is 14.5 Å². The summed E-state index contributed by atoms with van der Waals surface area (Å²) in [5, 5.41) is 0. The highest BCUT2D eigenvalue weighted by atomic mass is 17.2. The minimum Gasteiger partial charge on any atom is -0.348 e. The highest BCUT2D eigenvalue weighted by Crippen LogP contribution is 2.23. The number of methoxy groups -OCH3 is 1. The molecule has 0 heterocycles. The zero-order valence-corrected chi connectivity index (χ0v) is 9.43. The van der Waals surface area contributed by atoms with Gasteiger partial charge in [-0.15, -0.1) is 0 Å². The summed E-state index contributed by atoms with van der Waals surface area (Å²) >= 11 is 0. The van der Waals surface area contributed by atoms with Gasteiger partial charge in [0.05, 0.1) is 5.60 Å². The molecule has 0 fully saturated rings. The SMILES string of the molecule is C=C(C)C(C)(OC)OOC(C)(C)C. The minimum absolute atomic E-state index is 0.352. The summed E-state index contributed by atoms with van der Waals surface area (Å²) in [7, 11) is 1.56. The van der Waals surface area contributed by atoms with Crippen molar-refractivity contribution in [2.45, 2.75) is 46.0 Å². The van der Waals surface area contributed by atoms with Crippen molar-refractivity contribution >= 4 is 0 Å². The Kier molecular flexibility index (Phi) is 4.10. The second-order valence-electron chi connectivity index (χ2n) is 4.21. The van der Waals surface area contributed by atoms with Crippen molar-refractivity contribution in [3.63, 3.8) is 0 Å². The summed E-state index contributed by atoms with van der Waals surface area (Å²) in [5.41, 5.74) is 0.411. The van der Waals surface area contributed by atoms with Gasteiger partial charge in [-0.25, -0.2) is 4.89 Å². The highest BCUT2D eigenvalue weighted by Gasteiger charge is 2.29. The van der Waals surface area contributed by atoms with E-state index >= 15 is 0 Å². The van der Waals surface area contributed by atoms with Crippen molar-refractivity contribution in [2.75, 3.05) is 7.11 Å². The molecule has 0 aliphatic rings. The molecule has 0 saturated heterocycles. The van der Waals surface area contributed by atoms with Crippen LogP contribution in [0.2, 0.25) is 0 Å². The molecule has 0 N–H and O–H groups in total. The van der Waals surface area contributed by atoms with E-state index in [-0.39, 0.29) is 5.60 Å². The van der Waals surface area contributed by atoms with Crippen LogP contribution in [0.1, 0.15) is 34.6 Å². The van der Waals surface area contributed by atoms with E-state index in [1.807, 2.05) is 27.7 Å². The van der Waals surface area contributed by atoms with E-state index in [1.54, 1.807) is 14.0 Å². The van der Waals surface area contributed by atoms with Gasteiger partial charge in [-0.1, -0.05) is 6.58 Å². The van der Waals surface area contributed by atoms with E-state index in [0.717, 1.165) is 5.57 Å². The third kappa shape index (κ3) is 4.41. The third-order valence-electron chi connectivity index (χ3n) is 1.62. The lowest BCUT2D eigenvalue weighted by molar-refractivity contribution is -0.439. The lowest BCUT2D eigenvalue weighted by atomic mass is 10.2. The average molecular weight is 188 g/mol. The highest BCUT2D eigenvalue weighted by molar-refractivity contribution is 5.01. The monoisotopic (exact) mass is 188 g/mol. The lowest BCUT2D eigenvalue weighted by Crippen LogP contribution is -2.35. The molecule has 0 saturated carbocycles. The summed E-state index contributed by atoms with van der Waals surface area (Å²) in [6, 6.07) is 0. The Morgan fingerprint density at radius 1 is 1.08 bits per heavy atom. The zero-order valence-electron chi connectivity index (χ0n) is 9.43. The Hall–Kier alpha value is -0.380. The molecule has 3 heteroatoms. The van der Waals surface area contributed by atoms with Gasteiger partial charge in [0.2, 0.25) is 5.79 Å². The lowest BCUT2D eigenvalue weighted by Gasteiger charge is -2.30. The van der Waals surface area contributed by atoms with Crippen LogP contribution in [0.25, 0.3) is 0 Å². The first-order valence-corrected chi connectivity index (χ1v) is 4.29. The van der Waals surface area contributed by atoms with Gasteiger partial charge in [0.1, 0.15) is 0 Å². The van der Waals surface area contributed by atoms with Crippen LogP contribution in [-0.2, 0) is 14.5 Å². The Labute approximate surface area is 80.6 Å². The molecule has 3 nitrogen and oxygen atoms in total. The van der Waals surface area contributed by atoms with Crippen LogP contribution in [0.4, 0.5) is 0 Å². The zero-order chi connectivity index (χ0) is 10.7. The molecule has 0 spiro atoms. The molecular formula is C10H20O3. The van der Waals surface area contributed by atoms with Crippen LogP contribution in [0.5, 0.6) is 0 Å². The van der Waals surface area contributed by atoms with Crippen molar-refractivity contribution in [1.29, 1.82) is 0 Å². The van der Waals surface area contributed by atoms with Crippen LogP contribution in [-0.4, -0.2) is 18.5 Å². The van der Waals surface area contributed by atoms with Gasteiger partial charge in [0.15, 0.2) is 0 Å². The molecule has 13 heavy (non-hydrogen) atoms. The molecule has 1 unspecified atom stereocenters. The van der Waals surface area contributed by atoms with Crippen LogP contribution >= 0.6 is 0 Å². The number of hydrogen-bond acceptors (Lipinski definition) is 3. The number of ether oxygens (including phenoxy) is 1. The predicted molar refractivity (Wildman–Crippen MR) is 52.2 cm³/mol. The largest absolute Gasteiger partial charge is 0.348 e. The molecule has 0 aromatic rings. The minimum atomic E-state index is -0.868. The quantitative estimate of drug-likeness (QED) is 0.294. The van der Waals surface area contributed by atoms with E-state index < -0.39 is 5.79 Å². The molecule has 0 aliphatic heterocycles. The molecule has 1 atom stereocenters. The second kappa shape index (κ2) is 4.22. The topological polar surface area (TPSA) is 27.7 Å². The molecule has 0 rings (SSSR count). The van der Waals surface area contributed by atoms with E-state index in [9.17, 15) is 0 Å². The molecule has 0 aromatic carbocycles. The molecule has 0 amide bonds. The number of rotatable bonds is 4. The summed E-state index contributed by atoms with van der Waals surface area (Å²) < 4.78 is 5.15. The first kappa shape index (κ1) is 12.6. The van der Waals surface area contributed by atoms with Crippen molar-refractivity contribution in [1.82, 2.24) is 0 Å². The van der Waals surface area contributed by atoms with Crippen LogP contribution in [0.15, 0.2) is 12.2 Å². The normalized spacial score (nSPS) is 16.8. The van der Waals surface area contributed by atoms with E-state index in [1.165, 1.54) is 0 Å². The van der Waals surface area contributed by atoms with E-state index in [0.29, 0.717) is 0 Å². The van der Waals surface area contributed by atoms with Crippen LogP contribution in [0, 0.1) is 0 Å².